The highest BCUT2D eigenvalue weighted by molar-refractivity contribution is 5.86. The van der Waals surface area contributed by atoms with E-state index in [9.17, 15) is 0 Å². The van der Waals surface area contributed by atoms with Gasteiger partial charge in [0.2, 0.25) is 6.79 Å². The van der Waals surface area contributed by atoms with Crippen LogP contribution in [0.25, 0.3) is 11.0 Å². The summed E-state index contributed by atoms with van der Waals surface area (Å²) in [5.41, 5.74) is 2.03. The minimum atomic E-state index is 0.318. The molecule has 1 N–H and O–H groups in total. The van der Waals surface area contributed by atoms with Crippen LogP contribution in [-0.2, 0) is 6.54 Å². The van der Waals surface area contributed by atoms with E-state index >= 15 is 0 Å². The normalized spacial score (nSPS) is 17.4. The van der Waals surface area contributed by atoms with Gasteiger partial charge >= 0.3 is 0 Å². The zero-order valence-corrected chi connectivity index (χ0v) is 13.7. The van der Waals surface area contributed by atoms with Crippen molar-refractivity contribution in [3.8, 4) is 11.5 Å². The molecule has 0 aliphatic carbocycles. The molecule has 1 fully saturated rings. The van der Waals surface area contributed by atoms with Crippen LogP contribution < -0.4 is 14.4 Å². The molecule has 3 aromatic rings. The van der Waals surface area contributed by atoms with Gasteiger partial charge in [-0.2, -0.15) is 5.10 Å². The first-order valence-corrected chi connectivity index (χ1v) is 8.37. The molecule has 0 atom stereocenters. The van der Waals surface area contributed by atoms with E-state index in [1.54, 1.807) is 12.5 Å². The van der Waals surface area contributed by atoms with Crippen molar-refractivity contribution >= 4 is 16.9 Å². The third-order valence-corrected chi connectivity index (χ3v) is 4.74. The Balaban J connectivity index is 1.26. The Kier molecular flexibility index (Phi) is 3.41. The first kappa shape index (κ1) is 14.5. The molecular weight excluding hydrogens is 320 g/mol. The van der Waals surface area contributed by atoms with Crippen LogP contribution in [0.1, 0.15) is 5.56 Å². The molecule has 2 aliphatic rings. The molecule has 0 bridgehead atoms. The van der Waals surface area contributed by atoms with E-state index < -0.39 is 0 Å². The van der Waals surface area contributed by atoms with Gasteiger partial charge in [-0.15, -0.1) is 0 Å². The van der Waals surface area contributed by atoms with Gasteiger partial charge < -0.3 is 14.4 Å². The summed E-state index contributed by atoms with van der Waals surface area (Å²) in [6.45, 7) is 5.06. The molecule has 25 heavy (non-hydrogen) atoms. The number of hydrogen-bond donors (Lipinski definition) is 1. The number of rotatable bonds is 3. The maximum absolute atomic E-state index is 5.46. The fraction of sp³-hybridized carbons (Fsp3) is 0.353. The van der Waals surface area contributed by atoms with Gasteiger partial charge in [0.05, 0.1) is 11.6 Å². The standard InChI is InChI=1S/C17H18N6O2/c1-2-14-15(25-11-24-14)7-12(1)9-22-3-5-23(6-4-22)17-13-8-20-21-16(13)18-10-19-17/h1-2,7-8,10H,3-6,9,11H2,(H,18,19,20,21). The van der Waals surface area contributed by atoms with Gasteiger partial charge in [0.15, 0.2) is 17.1 Å². The molecule has 0 radical (unpaired) electrons. The Hall–Kier alpha value is -2.87. The highest BCUT2D eigenvalue weighted by Crippen LogP contribution is 2.33. The zero-order valence-electron chi connectivity index (χ0n) is 13.7. The van der Waals surface area contributed by atoms with E-state index in [4.69, 9.17) is 9.47 Å². The lowest BCUT2D eigenvalue weighted by atomic mass is 10.1. The van der Waals surface area contributed by atoms with Crippen molar-refractivity contribution in [1.82, 2.24) is 25.1 Å². The minimum absolute atomic E-state index is 0.318. The number of fused-ring (bicyclic) bond motifs is 2. The molecular formula is C17H18N6O2. The van der Waals surface area contributed by atoms with Crippen molar-refractivity contribution in [3.05, 3.63) is 36.3 Å². The van der Waals surface area contributed by atoms with E-state index in [0.29, 0.717) is 6.79 Å². The van der Waals surface area contributed by atoms with E-state index in [-0.39, 0.29) is 0 Å². The summed E-state index contributed by atoms with van der Waals surface area (Å²) in [5, 5.41) is 7.95. The van der Waals surface area contributed by atoms with Gasteiger partial charge in [-0.25, -0.2) is 9.97 Å². The molecule has 4 heterocycles. The molecule has 2 aromatic heterocycles. The fourth-order valence-corrected chi connectivity index (χ4v) is 3.42. The van der Waals surface area contributed by atoms with Gasteiger partial charge in [-0.1, -0.05) is 6.07 Å². The van der Waals surface area contributed by atoms with Gasteiger partial charge in [0, 0.05) is 32.7 Å². The van der Waals surface area contributed by atoms with Crippen LogP contribution in [0.5, 0.6) is 11.5 Å². The van der Waals surface area contributed by atoms with E-state index in [1.807, 2.05) is 6.07 Å². The number of hydrogen-bond acceptors (Lipinski definition) is 7. The minimum Gasteiger partial charge on any atom is -0.454 e. The number of aromatic amines is 1. The summed E-state index contributed by atoms with van der Waals surface area (Å²) in [7, 11) is 0. The van der Waals surface area contributed by atoms with E-state index in [0.717, 1.165) is 61.1 Å². The Morgan fingerprint density at radius 1 is 1.04 bits per heavy atom. The van der Waals surface area contributed by atoms with Gasteiger partial charge in [0.1, 0.15) is 12.1 Å². The van der Waals surface area contributed by atoms with E-state index in [1.165, 1.54) is 5.56 Å². The molecule has 128 valence electrons. The van der Waals surface area contributed by atoms with Crippen LogP contribution in [-0.4, -0.2) is 58.0 Å². The summed E-state index contributed by atoms with van der Waals surface area (Å²) in [4.78, 5) is 13.4. The lowest BCUT2D eigenvalue weighted by Gasteiger charge is -2.35. The number of anilines is 1. The zero-order chi connectivity index (χ0) is 16.6. The lowest BCUT2D eigenvalue weighted by Crippen LogP contribution is -2.46. The predicted molar refractivity (Wildman–Crippen MR) is 91.7 cm³/mol. The molecule has 0 saturated carbocycles. The molecule has 1 aromatic carbocycles. The maximum atomic E-state index is 5.46. The topological polar surface area (TPSA) is 79.4 Å². The Morgan fingerprint density at radius 2 is 1.92 bits per heavy atom. The molecule has 1 saturated heterocycles. The third-order valence-electron chi connectivity index (χ3n) is 4.74. The van der Waals surface area contributed by atoms with Crippen LogP contribution in [0.2, 0.25) is 0 Å². The van der Waals surface area contributed by atoms with Crippen molar-refractivity contribution in [1.29, 1.82) is 0 Å². The second-order valence-electron chi connectivity index (χ2n) is 6.28. The summed E-state index contributed by atoms with van der Waals surface area (Å²) in [6, 6.07) is 6.18. The Bertz CT molecular complexity index is 903. The smallest absolute Gasteiger partial charge is 0.231 e. The van der Waals surface area contributed by atoms with Crippen molar-refractivity contribution in [2.24, 2.45) is 0 Å². The number of piperazine rings is 1. The average molecular weight is 338 g/mol. The first-order chi connectivity index (χ1) is 12.4. The van der Waals surface area contributed by atoms with E-state index in [2.05, 4.69) is 42.1 Å². The van der Waals surface area contributed by atoms with Crippen LogP contribution >= 0.6 is 0 Å². The number of nitrogens with zero attached hydrogens (tertiary/aromatic N) is 5. The van der Waals surface area contributed by atoms with Crippen LogP contribution in [0, 0.1) is 0 Å². The number of aromatic nitrogens is 4. The average Bonchev–Trinajstić information content (AvgIpc) is 3.31. The number of benzene rings is 1. The largest absolute Gasteiger partial charge is 0.454 e. The van der Waals surface area contributed by atoms with Gasteiger partial charge in [-0.05, 0) is 17.7 Å². The molecule has 0 unspecified atom stereocenters. The van der Waals surface area contributed by atoms with Crippen LogP contribution in [0.4, 0.5) is 5.82 Å². The third kappa shape index (κ3) is 2.64. The monoisotopic (exact) mass is 338 g/mol. The first-order valence-electron chi connectivity index (χ1n) is 8.37. The second-order valence-corrected chi connectivity index (χ2v) is 6.28. The molecule has 8 heteroatoms. The van der Waals surface area contributed by atoms with Crippen LogP contribution in [0.15, 0.2) is 30.7 Å². The highest BCUT2D eigenvalue weighted by Gasteiger charge is 2.21. The number of ether oxygens (including phenoxy) is 2. The maximum Gasteiger partial charge on any atom is 0.231 e. The molecule has 0 spiro atoms. The van der Waals surface area contributed by atoms with Gasteiger partial charge in [0.25, 0.3) is 0 Å². The summed E-state index contributed by atoms with van der Waals surface area (Å²) in [6.07, 6.45) is 3.39. The van der Waals surface area contributed by atoms with Gasteiger partial charge in [-0.3, -0.25) is 10.00 Å². The second kappa shape index (κ2) is 5.89. The molecule has 2 aliphatic heterocycles. The Labute approximate surface area is 144 Å². The molecule has 0 amide bonds. The number of H-pyrrole nitrogens is 1. The summed E-state index contributed by atoms with van der Waals surface area (Å²) < 4.78 is 10.8. The Morgan fingerprint density at radius 3 is 2.84 bits per heavy atom. The quantitative estimate of drug-likeness (QED) is 0.773. The summed E-state index contributed by atoms with van der Waals surface area (Å²) in [5.74, 6) is 2.64. The van der Waals surface area contributed by atoms with Crippen molar-refractivity contribution in [2.45, 2.75) is 6.54 Å². The van der Waals surface area contributed by atoms with Crippen LogP contribution in [0.3, 0.4) is 0 Å². The lowest BCUT2D eigenvalue weighted by molar-refractivity contribution is 0.174. The SMILES string of the molecule is c1nc(N2CCN(Cc3ccc4c(c3)OCO4)CC2)c2cn[nH]c2n1. The molecule has 8 nitrogen and oxygen atoms in total. The van der Waals surface area contributed by atoms with Crippen molar-refractivity contribution in [2.75, 3.05) is 37.9 Å². The highest BCUT2D eigenvalue weighted by atomic mass is 16.7. The number of nitrogens with one attached hydrogen (secondary N) is 1. The summed E-state index contributed by atoms with van der Waals surface area (Å²) >= 11 is 0. The molecule has 5 rings (SSSR count). The predicted octanol–water partition coefficient (Wildman–Crippen LogP) is 1.40. The van der Waals surface area contributed by atoms with Crippen molar-refractivity contribution in [3.63, 3.8) is 0 Å². The fourth-order valence-electron chi connectivity index (χ4n) is 3.42. The van der Waals surface area contributed by atoms with Crippen molar-refractivity contribution < 1.29 is 9.47 Å².